The Morgan fingerprint density at radius 3 is 2.35 bits per heavy atom. The molecule has 0 radical (unpaired) electrons. The predicted molar refractivity (Wildman–Crippen MR) is 145 cm³/mol. The highest BCUT2D eigenvalue weighted by Crippen LogP contribution is 2.26. The molecule has 0 saturated carbocycles. The number of carbonyl (C=O) groups is 1. The minimum absolute atomic E-state index is 0.00649. The average Bonchev–Trinajstić information content (AvgIpc) is 3.37. The lowest BCUT2D eigenvalue weighted by atomic mass is 10.0. The predicted octanol–water partition coefficient (Wildman–Crippen LogP) is 5.16. The summed E-state index contributed by atoms with van der Waals surface area (Å²) in [4.78, 5) is 22.8. The zero-order chi connectivity index (χ0) is 25.8. The Morgan fingerprint density at radius 2 is 1.62 bits per heavy atom. The van der Waals surface area contributed by atoms with Crippen molar-refractivity contribution in [3.05, 3.63) is 101 Å². The Balaban J connectivity index is 1.25. The number of benzene rings is 3. The smallest absolute Gasteiger partial charge is 0.246 e. The maximum Gasteiger partial charge on any atom is 0.246 e. The first-order valence-electron chi connectivity index (χ1n) is 12.8. The Kier molecular flexibility index (Phi) is 7.44. The van der Waals surface area contributed by atoms with Crippen LogP contribution in [-0.2, 0) is 11.3 Å². The van der Waals surface area contributed by atoms with Crippen molar-refractivity contribution in [3.63, 3.8) is 0 Å². The molecule has 7 nitrogen and oxygen atoms in total. The molecule has 2 heterocycles. The second kappa shape index (κ2) is 11.1. The molecule has 1 saturated heterocycles. The van der Waals surface area contributed by atoms with E-state index in [-0.39, 0.29) is 11.9 Å². The fourth-order valence-corrected chi connectivity index (χ4v) is 4.74. The van der Waals surface area contributed by atoms with Crippen LogP contribution in [-0.4, -0.2) is 52.0 Å². The summed E-state index contributed by atoms with van der Waals surface area (Å²) in [6.07, 6.45) is 0. The normalized spacial score (nSPS) is 15.4. The second-order valence-corrected chi connectivity index (χ2v) is 9.81. The van der Waals surface area contributed by atoms with Crippen LogP contribution in [0.3, 0.4) is 0 Å². The van der Waals surface area contributed by atoms with Gasteiger partial charge in [0.05, 0.1) is 6.54 Å². The Bertz CT molecular complexity index is 1340. The van der Waals surface area contributed by atoms with Crippen LogP contribution in [0.5, 0.6) is 0 Å². The molecule has 1 fully saturated rings. The van der Waals surface area contributed by atoms with E-state index < -0.39 is 0 Å². The van der Waals surface area contributed by atoms with Gasteiger partial charge < -0.3 is 9.84 Å². The van der Waals surface area contributed by atoms with Crippen LogP contribution in [0.4, 0.5) is 5.69 Å². The van der Waals surface area contributed by atoms with Gasteiger partial charge in [-0.15, -0.1) is 0 Å². The molecule has 190 valence electrons. The lowest BCUT2D eigenvalue weighted by molar-refractivity contribution is -0.122. The molecule has 0 bridgehead atoms. The molecule has 1 amide bonds. The molecule has 0 aliphatic carbocycles. The number of nitrogens with zero attached hydrogens (tertiary/aromatic N) is 4. The van der Waals surface area contributed by atoms with Crippen molar-refractivity contribution in [1.82, 2.24) is 19.9 Å². The number of hydrogen-bond donors (Lipinski definition) is 1. The quantitative estimate of drug-likeness (QED) is 0.382. The molecule has 1 aromatic heterocycles. The summed E-state index contributed by atoms with van der Waals surface area (Å²) in [6.45, 7) is 9.85. The van der Waals surface area contributed by atoms with Crippen LogP contribution in [0.25, 0.3) is 11.4 Å². The van der Waals surface area contributed by atoms with E-state index in [1.54, 1.807) is 0 Å². The molecule has 7 heteroatoms. The number of nitrogens with one attached hydrogen (secondary N) is 1. The van der Waals surface area contributed by atoms with Crippen molar-refractivity contribution >= 4 is 11.6 Å². The Hall–Kier alpha value is -3.81. The molecule has 1 atom stereocenters. The van der Waals surface area contributed by atoms with Gasteiger partial charge in [0.25, 0.3) is 0 Å². The molecule has 1 unspecified atom stereocenters. The van der Waals surface area contributed by atoms with Crippen molar-refractivity contribution in [2.24, 2.45) is 0 Å². The van der Waals surface area contributed by atoms with Crippen molar-refractivity contribution in [2.75, 3.05) is 31.5 Å². The van der Waals surface area contributed by atoms with Gasteiger partial charge in [0.2, 0.25) is 17.6 Å². The third kappa shape index (κ3) is 5.96. The molecule has 0 spiro atoms. The van der Waals surface area contributed by atoms with Gasteiger partial charge in [0, 0.05) is 37.4 Å². The van der Waals surface area contributed by atoms with Crippen LogP contribution >= 0.6 is 0 Å². The average molecular weight is 496 g/mol. The molecule has 37 heavy (non-hydrogen) atoms. The number of aryl methyl sites for hydroxylation is 3. The molecule has 1 aliphatic heterocycles. The highest BCUT2D eigenvalue weighted by atomic mass is 16.5. The first-order chi connectivity index (χ1) is 18.0. The van der Waals surface area contributed by atoms with E-state index >= 15 is 0 Å². The van der Waals surface area contributed by atoms with Gasteiger partial charge in [-0.1, -0.05) is 77.5 Å². The maximum atomic E-state index is 13.6. The van der Waals surface area contributed by atoms with E-state index in [1.165, 1.54) is 5.56 Å². The number of anilines is 1. The van der Waals surface area contributed by atoms with Crippen LogP contribution in [0, 0.1) is 20.8 Å². The number of amides is 1. The van der Waals surface area contributed by atoms with Crippen molar-refractivity contribution in [1.29, 1.82) is 0 Å². The van der Waals surface area contributed by atoms with E-state index in [1.807, 2.05) is 80.6 Å². The number of aromatic nitrogens is 2. The van der Waals surface area contributed by atoms with Gasteiger partial charge in [0.15, 0.2) is 0 Å². The summed E-state index contributed by atoms with van der Waals surface area (Å²) in [5.74, 6) is 1.21. The van der Waals surface area contributed by atoms with E-state index in [9.17, 15) is 4.79 Å². The molecule has 3 aromatic carbocycles. The second-order valence-electron chi connectivity index (χ2n) is 9.81. The Morgan fingerprint density at radius 1 is 0.919 bits per heavy atom. The minimum atomic E-state index is -0.361. The standard InChI is InChI=1S/C30H33N5O2/c1-21-10-13-25(14-11-21)29-32-27(37-33-29)20-34-15-17-35(18-16-34)28(24-7-5-4-6-8-24)30(36)31-26-19-22(2)9-12-23(26)3/h4-14,19,28H,15-18,20H2,1-3H3,(H,31,36). The third-order valence-electron chi connectivity index (χ3n) is 6.92. The van der Waals surface area contributed by atoms with Gasteiger partial charge in [-0.2, -0.15) is 4.98 Å². The molecule has 4 aromatic rings. The topological polar surface area (TPSA) is 74.5 Å². The van der Waals surface area contributed by atoms with Gasteiger partial charge >= 0.3 is 0 Å². The molecular formula is C30H33N5O2. The van der Waals surface area contributed by atoms with Crippen LogP contribution in [0.1, 0.15) is 34.2 Å². The van der Waals surface area contributed by atoms with E-state index in [0.717, 1.165) is 54.1 Å². The first kappa shape index (κ1) is 24.9. The van der Waals surface area contributed by atoms with Gasteiger partial charge in [-0.3, -0.25) is 14.6 Å². The lowest BCUT2D eigenvalue weighted by Gasteiger charge is -2.38. The zero-order valence-corrected chi connectivity index (χ0v) is 21.6. The van der Waals surface area contributed by atoms with Gasteiger partial charge in [0.1, 0.15) is 6.04 Å². The third-order valence-corrected chi connectivity index (χ3v) is 6.92. The highest BCUT2D eigenvalue weighted by molar-refractivity contribution is 5.96. The largest absolute Gasteiger partial charge is 0.338 e. The summed E-state index contributed by atoms with van der Waals surface area (Å²) >= 11 is 0. The zero-order valence-electron chi connectivity index (χ0n) is 21.6. The maximum absolute atomic E-state index is 13.6. The fraction of sp³-hybridized carbons (Fsp3) is 0.300. The fourth-order valence-electron chi connectivity index (χ4n) is 4.74. The van der Waals surface area contributed by atoms with Crippen LogP contribution < -0.4 is 5.32 Å². The summed E-state index contributed by atoms with van der Waals surface area (Å²) in [5.41, 5.74) is 6.19. The summed E-state index contributed by atoms with van der Waals surface area (Å²) in [7, 11) is 0. The van der Waals surface area contributed by atoms with E-state index in [4.69, 9.17) is 4.52 Å². The minimum Gasteiger partial charge on any atom is -0.338 e. The molecule has 1 N–H and O–H groups in total. The van der Waals surface area contributed by atoms with Gasteiger partial charge in [-0.05, 0) is 43.5 Å². The highest BCUT2D eigenvalue weighted by Gasteiger charge is 2.31. The number of piperazine rings is 1. The summed E-state index contributed by atoms with van der Waals surface area (Å²) < 4.78 is 5.54. The van der Waals surface area contributed by atoms with Crippen LogP contribution in [0.15, 0.2) is 77.3 Å². The monoisotopic (exact) mass is 495 g/mol. The van der Waals surface area contributed by atoms with Gasteiger partial charge in [-0.25, -0.2) is 0 Å². The molecule has 5 rings (SSSR count). The van der Waals surface area contributed by atoms with Crippen molar-refractivity contribution in [2.45, 2.75) is 33.4 Å². The van der Waals surface area contributed by atoms with E-state index in [2.05, 4.69) is 38.2 Å². The number of hydrogen-bond acceptors (Lipinski definition) is 6. The van der Waals surface area contributed by atoms with E-state index in [0.29, 0.717) is 18.3 Å². The molecule has 1 aliphatic rings. The summed E-state index contributed by atoms with van der Waals surface area (Å²) in [6, 6.07) is 23.9. The van der Waals surface area contributed by atoms with Crippen molar-refractivity contribution < 1.29 is 9.32 Å². The molecular weight excluding hydrogens is 462 g/mol. The van der Waals surface area contributed by atoms with Crippen LogP contribution in [0.2, 0.25) is 0 Å². The number of rotatable bonds is 7. The summed E-state index contributed by atoms with van der Waals surface area (Å²) in [5, 5.41) is 7.36. The SMILES string of the molecule is Cc1ccc(-c2noc(CN3CCN(C(C(=O)Nc4cc(C)ccc4C)c4ccccc4)CC3)n2)cc1. The van der Waals surface area contributed by atoms with Crippen molar-refractivity contribution in [3.8, 4) is 11.4 Å². The Labute approximate surface area is 218 Å². The number of carbonyl (C=O) groups excluding carboxylic acids is 1. The lowest BCUT2D eigenvalue weighted by Crippen LogP contribution is -2.49. The first-order valence-corrected chi connectivity index (χ1v) is 12.8.